The molecular weight excluding hydrogens is 515 g/mol. The molecule has 0 spiro atoms. The second-order valence-electron chi connectivity index (χ2n) is 10.4. The lowest BCUT2D eigenvalue weighted by Crippen LogP contribution is -2.38. The van der Waals surface area contributed by atoms with Crippen LogP contribution in [0.2, 0.25) is 0 Å². The first-order valence-corrected chi connectivity index (χ1v) is 12.6. The van der Waals surface area contributed by atoms with Gasteiger partial charge in [0.1, 0.15) is 17.8 Å². The Balaban J connectivity index is 2.29. The zero-order valence-electron chi connectivity index (χ0n) is 24.5. The summed E-state index contributed by atoms with van der Waals surface area (Å²) in [4.78, 5) is 36.7. The molecule has 216 valence electrons. The predicted octanol–water partition coefficient (Wildman–Crippen LogP) is 4.95. The van der Waals surface area contributed by atoms with Crippen molar-refractivity contribution in [2.45, 2.75) is 46.8 Å². The van der Waals surface area contributed by atoms with Crippen molar-refractivity contribution in [1.29, 1.82) is 0 Å². The normalized spacial score (nSPS) is 11.7. The van der Waals surface area contributed by atoms with Crippen molar-refractivity contribution in [2.75, 3.05) is 27.7 Å². The number of hydrogen-bond donors (Lipinski definition) is 1. The van der Waals surface area contributed by atoms with Crippen LogP contribution >= 0.6 is 0 Å². The summed E-state index contributed by atoms with van der Waals surface area (Å²) in [7, 11) is 5.35. The molecule has 0 unspecified atom stereocenters. The molecule has 0 saturated carbocycles. The second kappa shape index (κ2) is 14.2. The zero-order chi connectivity index (χ0) is 30.0. The Hall–Kier alpha value is -4.25. The van der Waals surface area contributed by atoms with Crippen molar-refractivity contribution in [2.24, 2.45) is 4.99 Å². The lowest BCUT2D eigenvalue weighted by Gasteiger charge is -2.28. The van der Waals surface area contributed by atoms with E-state index in [1.54, 1.807) is 72.0 Å². The number of aryl methyl sites for hydroxylation is 2. The summed E-state index contributed by atoms with van der Waals surface area (Å²) in [6.07, 6.45) is 3.63. The summed E-state index contributed by atoms with van der Waals surface area (Å²) >= 11 is 0. The fraction of sp³-hybridized carbons (Fsp3) is 0.379. The van der Waals surface area contributed by atoms with Crippen LogP contribution in [0.25, 0.3) is 0 Å². The average Bonchev–Trinajstić information content (AvgIpc) is 2.83. The number of carbonyl (C=O) groups excluding carboxylic acids is 2. The Morgan fingerprint density at radius 2 is 1.85 bits per heavy atom. The topological polar surface area (TPSA) is 99.6 Å². The highest BCUT2D eigenvalue weighted by Gasteiger charge is 2.27. The van der Waals surface area contributed by atoms with Gasteiger partial charge >= 0.3 is 6.09 Å². The highest BCUT2D eigenvalue weighted by atomic mass is 19.1. The first-order chi connectivity index (χ1) is 18.7. The minimum atomic E-state index is -0.821. The minimum Gasteiger partial charge on any atom is -0.443 e. The number of likely N-dealkylation sites (N-methyl/N-ethyl adjacent to an activating group) is 1. The minimum absolute atomic E-state index is 0.0241. The number of carbonyl (C=O) groups is 2. The van der Waals surface area contributed by atoms with Crippen LogP contribution in [0.3, 0.4) is 0 Å². The highest BCUT2D eigenvalue weighted by Crippen LogP contribution is 2.29. The maximum absolute atomic E-state index is 15.7. The van der Waals surface area contributed by atoms with Crippen molar-refractivity contribution in [3.8, 4) is 11.6 Å². The molecule has 1 aromatic carbocycles. The Labute approximate surface area is 235 Å². The molecule has 2 rings (SSSR count). The van der Waals surface area contributed by atoms with E-state index >= 15 is 4.39 Å². The lowest BCUT2D eigenvalue weighted by molar-refractivity contribution is -0.119. The average molecular weight is 555 g/mol. The molecule has 1 aromatic heterocycles. The van der Waals surface area contributed by atoms with E-state index < -0.39 is 17.5 Å². The van der Waals surface area contributed by atoms with Crippen LogP contribution in [0.5, 0.6) is 11.6 Å². The third-order valence-corrected chi connectivity index (χ3v) is 5.17. The molecule has 1 heterocycles. The molecule has 40 heavy (non-hydrogen) atoms. The van der Waals surface area contributed by atoms with Gasteiger partial charge < -0.3 is 14.4 Å². The number of hydrogen-bond acceptors (Lipinski definition) is 7. The number of ether oxygens (including phenoxy) is 2. The fourth-order valence-corrected chi connectivity index (χ4v) is 3.23. The Morgan fingerprint density at radius 3 is 2.48 bits per heavy atom. The molecule has 0 aliphatic rings. The van der Waals surface area contributed by atoms with Gasteiger partial charge in [0.15, 0.2) is 11.6 Å². The molecule has 0 radical (unpaired) electrons. The van der Waals surface area contributed by atoms with Crippen molar-refractivity contribution < 1.29 is 23.5 Å². The lowest BCUT2D eigenvalue weighted by atomic mass is 10.1. The van der Waals surface area contributed by atoms with E-state index in [1.165, 1.54) is 23.5 Å². The van der Waals surface area contributed by atoms with Crippen LogP contribution < -0.4 is 10.2 Å². The summed E-state index contributed by atoms with van der Waals surface area (Å²) < 4.78 is 26.9. The van der Waals surface area contributed by atoms with Gasteiger partial charge in [-0.25, -0.2) is 19.2 Å². The van der Waals surface area contributed by atoms with Gasteiger partial charge in [-0.3, -0.25) is 20.1 Å². The van der Waals surface area contributed by atoms with Gasteiger partial charge in [-0.15, -0.1) is 0 Å². The summed E-state index contributed by atoms with van der Waals surface area (Å²) in [5.74, 6) is -0.829. The Bertz CT molecular complexity index is 1270. The van der Waals surface area contributed by atoms with E-state index in [1.807, 2.05) is 19.0 Å². The van der Waals surface area contributed by atoms with Crippen molar-refractivity contribution >= 4 is 18.3 Å². The molecule has 0 saturated heterocycles. The second-order valence-corrected chi connectivity index (χ2v) is 10.4. The number of nitrogens with one attached hydrogen (secondary N) is 1. The van der Waals surface area contributed by atoms with Gasteiger partial charge in [0.05, 0.1) is 6.54 Å². The molecular formula is C29H39FN6O4. The first-order valence-electron chi connectivity index (χ1n) is 12.6. The van der Waals surface area contributed by atoms with Crippen LogP contribution in [-0.4, -0.2) is 71.4 Å². The number of aromatic nitrogens is 1. The van der Waals surface area contributed by atoms with E-state index in [2.05, 4.69) is 22.0 Å². The molecule has 0 bridgehead atoms. The third-order valence-electron chi connectivity index (χ3n) is 5.17. The van der Waals surface area contributed by atoms with Crippen molar-refractivity contribution in [3.63, 3.8) is 0 Å². The zero-order valence-corrected chi connectivity index (χ0v) is 24.5. The van der Waals surface area contributed by atoms with Gasteiger partial charge in [-0.1, -0.05) is 24.8 Å². The summed E-state index contributed by atoms with van der Waals surface area (Å²) in [5.41, 5.74) is 3.28. The van der Waals surface area contributed by atoms with Gasteiger partial charge in [0, 0.05) is 37.0 Å². The number of hydrazine groups is 1. The first kappa shape index (κ1) is 32.0. The van der Waals surface area contributed by atoms with E-state index in [-0.39, 0.29) is 35.5 Å². The standard InChI is InChI=1S/C29H39FN6O4/c1-20-15-16-24(39-26-14-10-12-21(2)32-26)27(30)23(20)18-36(28(38)40-29(4,5)6)22(3)31-19-35(9)33-25(37)13-11-17-34(7)8/h10-16,19H,3,17-18H2,1-2,4-9H3,(H,33,37)/b13-11+,31-19?. The number of halogens is 1. The number of benzene rings is 1. The highest BCUT2D eigenvalue weighted by molar-refractivity contribution is 5.88. The van der Waals surface area contributed by atoms with E-state index in [4.69, 9.17) is 9.47 Å². The molecule has 10 nitrogen and oxygen atoms in total. The van der Waals surface area contributed by atoms with Crippen LogP contribution in [-0.2, 0) is 16.1 Å². The molecule has 0 fully saturated rings. The van der Waals surface area contributed by atoms with Crippen LogP contribution in [0.4, 0.5) is 9.18 Å². The Kier molecular flexibility index (Phi) is 11.4. The number of aliphatic imine (C=N–C) groups is 1. The third kappa shape index (κ3) is 10.5. The number of rotatable bonds is 11. The summed E-state index contributed by atoms with van der Waals surface area (Å²) in [6, 6.07) is 8.39. The summed E-state index contributed by atoms with van der Waals surface area (Å²) in [5, 5.41) is 1.32. The number of pyridine rings is 1. The molecule has 1 N–H and O–H groups in total. The van der Waals surface area contributed by atoms with Gasteiger partial charge in [0.25, 0.3) is 5.91 Å². The molecule has 0 atom stereocenters. The Morgan fingerprint density at radius 1 is 1.15 bits per heavy atom. The SMILES string of the molecule is C=C(N=CN(C)NC(=O)/C=C/CN(C)C)N(Cc1c(C)ccc(Oc2cccc(C)n2)c1F)C(=O)OC(C)(C)C. The molecule has 0 aliphatic heterocycles. The summed E-state index contributed by atoms with van der Waals surface area (Å²) in [6.45, 7) is 12.9. The van der Waals surface area contributed by atoms with Crippen LogP contribution in [0.15, 0.2) is 59.9 Å². The number of amides is 2. The van der Waals surface area contributed by atoms with Crippen LogP contribution in [0, 0.1) is 19.7 Å². The largest absolute Gasteiger partial charge is 0.443 e. The molecule has 2 amide bonds. The monoisotopic (exact) mass is 554 g/mol. The van der Waals surface area contributed by atoms with Gasteiger partial charge in [0.2, 0.25) is 5.88 Å². The van der Waals surface area contributed by atoms with E-state index in [0.29, 0.717) is 12.1 Å². The molecule has 0 aliphatic carbocycles. The number of nitrogens with zero attached hydrogens (tertiary/aromatic N) is 5. The maximum Gasteiger partial charge on any atom is 0.416 e. The van der Waals surface area contributed by atoms with Crippen molar-refractivity contribution in [1.82, 2.24) is 25.2 Å². The predicted molar refractivity (Wildman–Crippen MR) is 153 cm³/mol. The van der Waals surface area contributed by atoms with Gasteiger partial charge in [-0.05, 0) is 66.4 Å². The maximum atomic E-state index is 15.7. The van der Waals surface area contributed by atoms with E-state index in [9.17, 15) is 9.59 Å². The van der Waals surface area contributed by atoms with E-state index in [0.717, 1.165) is 10.6 Å². The smallest absolute Gasteiger partial charge is 0.416 e. The van der Waals surface area contributed by atoms with Crippen LogP contribution in [0.1, 0.15) is 37.6 Å². The van der Waals surface area contributed by atoms with Crippen molar-refractivity contribution in [3.05, 3.63) is 77.5 Å². The molecule has 11 heteroatoms. The fourth-order valence-electron chi connectivity index (χ4n) is 3.23. The quantitative estimate of drug-likeness (QED) is 0.182. The van der Waals surface area contributed by atoms with Gasteiger partial charge in [-0.2, -0.15) is 0 Å². The molecule has 2 aromatic rings.